The summed E-state index contributed by atoms with van der Waals surface area (Å²) in [6.07, 6.45) is 2.16. The maximum Gasteiger partial charge on any atom is 0.236 e. The van der Waals surface area contributed by atoms with Crippen molar-refractivity contribution in [1.82, 2.24) is 14.7 Å². The molecule has 2 amide bonds. The molecule has 2 aliphatic rings. The first-order chi connectivity index (χ1) is 13.0. The summed E-state index contributed by atoms with van der Waals surface area (Å²) in [5.74, 6) is -0.148. The highest BCUT2D eigenvalue weighted by atomic mass is 32.2. The summed E-state index contributed by atoms with van der Waals surface area (Å²) < 4.78 is 24.6. The fourth-order valence-corrected chi connectivity index (χ4v) is 4.79. The van der Waals surface area contributed by atoms with E-state index in [2.05, 4.69) is 4.90 Å². The Morgan fingerprint density at radius 1 is 0.815 bits per heavy atom. The topological polar surface area (TPSA) is 78.0 Å². The lowest BCUT2D eigenvalue weighted by Crippen LogP contribution is -2.51. The van der Waals surface area contributed by atoms with E-state index in [-0.39, 0.29) is 28.9 Å². The second kappa shape index (κ2) is 8.84. The van der Waals surface area contributed by atoms with E-state index < -0.39 is 9.84 Å². The molecule has 0 aliphatic carbocycles. The Balaban J connectivity index is 1.42. The Hall–Kier alpha value is -1.93. The van der Waals surface area contributed by atoms with Gasteiger partial charge in [-0.15, -0.1) is 0 Å². The number of piperazine rings is 1. The third-order valence-corrected chi connectivity index (χ3v) is 6.96. The van der Waals surface area contributed by atoms with Crippen molar-refractivity contribution >= 4 is 21.7 Å². The van der Waals surface area contributed by atoms with Crippen LogP contribution < -0.4 is 0 Å². The van der Waals surface area contributed by atoms with E-state index in [1.54, 1.807) is 35.2 Å². The Morgan fingerprint density at radius 2 is 1.41 bits per heavy atom. The second-order valence-electron chi connectivity index (χ2n) is 7.13. The van der Waals surface area contributed by atoms with Crippen LogP contribution in [0.3, 0.4) is 0 Å². The normalized spacial score (nSPS) is 18.7. The molecule has 1 aromatic carbocycles. The van der Waals surface area contributed by atoms with Gasteiger partial charge in [-0.25, -0.2) is 8.42 Å². The number of rotatable bonds is 6. The fourth-order valence-electron chi connectivity index (χ4n) is 3.54. The Bertz CT molecular complexity index is 752. The van der Waals surface area contributed by atoms with Crippen LogP contribution in [0.1, 0.15) is 19.3 Å². The molecule has 3 rings (SSSR count). The first kappa shape index (κ1) is 19.8. The van der Waals surface area contributed by atoms with Gasteiger partial charge >= 0.3 is 0 Å². The van der Waals surface area contributed by atoms with Crippen molar-refractivity contribution in [1.29, 1.82) is 0 Å². The highest BCUT2D eigenvalue weighted by molar-refractivity contribution is 7.91. The van der Waals surface area contributed by atoms with Crippen LogP contribution in [-0.2, 0) is 19.4 Å². The van der Waals surface area contributed by atoms with Crippen molar-refractivity contribution in [3.63, 3.8) is 0 Å². The lowest BCUT2D eigenvalue weighted by Gasteiger charge is -2.35. The van der Waals surface area contributed by atoms with E-state index in [0.717, 1.165) is 25.9 Å². The maximum absolute atomic E-state index is 12.4. The largest absolute Gasteiger partial charge is 0.342 e. The molecule has 2 saturated heterocycles. The van der Waals surface area contributed by atoms with Gasteiger partial charge < -0.3 is 9.80 Å². The Kier molecular flexibility index (Phi) is 6.49. The minimum Gasteiger partial charge on any atom is -0.342 e. The number of likely N-dealkylation sites (tertiary alicyclic amines) is 1. The molecule has 2 fully saturated rings. The highest BCUT2D eigenvalue weighted by Crippen LogP contribution is 2.13. The van der Waals surface area contributed by atoms with Crippen LogP contribution in [0.15, 0.2) is 35.2 Å². The van der Waals surface area contributed by atoms with Crippen LogP contribution >= 0.6 is 0 Å². The van der Waals surface area contributed by atoms with Gasteiger partial charge in [-0.1, -0.05) is 18.2 Å². The molecule has 0 saturated carbocycles. The zero-order chi connectivity index (χ0) is 19.3. The van der Waals surface area contributed by atoms with Crippen LogP contribution in [0.4, 0.5) is 0 Å². The second-order valence-corrected chi connectivity index (χ2v) is 9.24. The van der Waals surface area contributed by atoms with Gasteiger partial charge in [0.1, 0.15) is 0 Å². The first-order valence-electron chi connectivity index (χ1n) is 9.51. The molecule has 0 atom stereocenters. The van der Waals surface area contributed by atoms with Crippen molar-refractivity contribution in [2.24, 2.45) is 0 Å². The number of carbonyl (C=O) groups excluding carboxylic acids is 2. The smallest absolute Gasteiger partial charge is 0.236 e. The SMILES string of the molecule is O=C(CCS(=O)(=O)c1ccccc1)N1CCN(CC(=O)N2CCCC2)CC1. The quantitative estimate of drug-likeness (QED) is 0.708. The van der Waals surface area contributed by atoms with Crippen molar-refractivity contribution in [3.05, 3.63) is 30.3 Å². The van der Waals surface area contributed by atoms with Gasteiger partial charge in [0.2, 0.25) is 11.8 Å². The molecule has 0 N–H and O–H groups in total. The van der Waals surface area contributed by atoms with Crippen molar-refractivity contribution in [2.45, 2.75) is 24.2 Å². The molecule has 8 heteroatoms. The number of amides is 2. The van der Waals surface area contributed by atoms with Gasteiger partial charge in [0.05, 0.1) is 17.2 Å². The number of benzene rings is 1. The first-order valence-corrected chi connectivity index (χ1v) is 11.2. The van der Waals surface area contributed by atoms with Crippen LogP contribution in [0.2, 0.25) is 0 Å². The Labute approximate surface area is 160 Å². The predicted octanol–water partition coefficient (Wildman–Crippen LogP) is 0.617. The molecule has 0 radical (unpaired) electrons. The molecule has 0 bridgehead atoms. The van der Waals surface area contributed by atoms with Crippen LogP contribution in [0.5, 0.6) is 0 Å². The monoisotopic (exact) mass is 393 g/mol. The van der Waals surface area contributed by atoms with E-state index in [9.17, 15) is 18.0 Å². The fraction of sp³-hybridized carbons (Fsp3) is 0.579. The Morgan fingerprint density at radius 3 is 2.04 bits per heavy atom. The summed E-state index contributed by atoms with van der Waals surface area (Å²) >= 11 is 0. The highest BCUT2D eigenvalue weighted by Gasteiger charge is 2.26. The van der Waals surface area contributed by atoms with Gasteiger partial charge in [-0.2, -0.15) is 0 Å². The van der Waals surface area contributed by atoms with Crippen molar-refractivity contribution in [3.8, 4) is 0 Å². The summed E-state index contributed by atoms with van der Waals surface area (Å²) in [6, 6.07) is 8.22. The molecule has 0 unspecified atom stereocenters. The van der Waals surface area contributed by atoms with Gasteiger partial charge in [-0.3, -0.25) is 14.5 Å². The molecule has 148 valence electrons. The number of sulfone groups is 1. The molecule has 7 nitrogen and oxygen atoms in total. The van der Waals surface area contributed by atoms with E-state index in [1.807, 2.05) is 4.90 Å². The molecular weight excluding hydrogens is 366 g/mol. The third-order valence-electron chi connectivity index (χ3n) is 5.23. The zero-order valence-electron chi connectivity index (χ0n) is 15.5. The van der Waals surface area contributed by atoms with E-state index >= 15 is 0 Å². The summed E-state index contributed by atoms with van der Waals surface area (Å²) in [6.45, 7) is 4.49. The van der Waals surface area contributed by atoms with Crippen LogP contribution in [-0.4, -0.2) is 86.5 Å². The summed E-state index contributed by atoms with van der Waals surface area (Å²) in [5.41, 5.74) is 0. The minimum atomic E-state index is -3.44. The van der Waals surface area contributed by atoms with Crippen molar-refractivity contribution < 1.29 is 18.0 Å². The molecule has 2 heterocycles. The number of hydrogen-bond acceptors (Lipinski definition) is 5. The van der Waals surface area contributed by atoms with E-state index in [0.29, 0.717) is 32.7 Å². The predicted molar refractivity (Wildman–Crippen MR) is 102 cm³/mol. The van der Waals surface area contributed by atoms with Crippen molar-refractivity contribution in [2.75, 3.05) is 51.6 Å². The zero-order valence-corrected chi connectivity index (χ0v) is 16.4. The average Bonchev–Trinajstić information content (AvgIpc) is 3.22. The number of hydrogen-bond donors (Lipinski definition) is 0. The number of nitrogens with zero attached hydrogens (tertiary/aromatic N) is 3. The van der Waals surface area contributed by atoms with Gasteiger partial charge in [-0.05, 0) is 25.0 Å². The molecular formula is C19H27N3O4S. The minimum absolute atomic E-state index is 0.00998. The molecule has 27 heavy (non-hydrogen) atoms. The van der Waals surface area contributed by atoms with Crippen LogP contribution in [0.25, 0.3) is 0 Å². The van der Waals surface area contributed by atoms with Crippen LogP contribution in [0, 0.1) is 0 Å². The lowest BCUT2D eigenvalue weighted by atomic mass is 10.3. The van der Waals surface area contributed by atoms with Gasteiger partial charge in [0.25, 0.3) is 0 Å². The van der Waals surface area contributed by atoms with E-state index in [1.165, 1.54) is 0 Å². The van der Waals surface area contributed by atoms with E-state index in [4.69, 9.17) is 0 Å². The molecule has 1 aromatic rings. The standard InChI is InChI=1S/C19H27N3O4S/c23-18(8-15-27(25,26)17-6-2-1-3-7-17)22-13-11-20(12-14-22)16-19(24)21-9-4-5-10-21/h1-3,6-7H,4-5,8-16H2. The van der Waals surface area contributed by atoms with Gasteiger partial charge in [0, 0.05) is 45.7 Å². The lowest BCUT2D eigenvalue weighted by molar-refractivity contribution is -0.134. The maximum atomic E-state index is 12.4. The van der Waals surface area contributed by atoms with Gasteiger partial charge in [0.15, 0.2) is 9.84 Å². The summed E-state index contributed by atoms with van der Waals surface area (Å²) in [7, 11) is -3.44. The molecule has 0 aromatic heterocycles. The third kappa shape index (κ3) is 5.29. The summed E-state index contributed by atoms with van der Waals surface area (Å²) in [4.78, 5) is 30.5. The molecule has 0 spiro atoms. The summed E-state index contributed by atoms with van der Waals surface area (Å²) in [5, 5.41) is 0. The molecule has 2 aliphatic heterocycles. The number of carbonyl (C=O) groups is 2. The average molecular weight is 394 g/mol.